The summed E-state index contributed by atoms with van der Waals surface area (Å²) < 4.78 is 41.9. The monoisotopic (exact) mass is 443 g/mol. The van der Waals surface area contributed by atoms with Crippen molar-refractivity contribution in [1.82, 2.24) is 5.06 Å². The van der Waals surface area contributed by atoms with Crippen molar-refractivity contribution in [3.63, 3.8) is 0 Å². The second-order valence-corrected chi connectivity index (χ2v) is 6.81. The van der Waals surface area contributed by atoms with Crippen LogP contribution in [0.2, 0.25) is 0 Å². The second kappa shape index (κ2) is 12.5. The molecule has 2 aromatic carbocycles. The Hall–Kier alpha value is -3.29. The lowest BCUT2D eigenvalue weighted by Crippen LogP contribution is -2.50. The fraction of sp³-hybridized carbons (Fsp3) is 0.240. The van der Waals surface area contributed by atoms with E-state index >= 15 is 8.78 Å². The summed E-state index contributed by atoms with van der Waals surface area (Å²) in [6, 6.07) is 18.4. The summed E-state index contributed by atoms with van der Waals surface area (Å²) in [6.45, 7) is 10.2. The topological polar surface area (TPSA) is 48.0 Å². The first kappa shape index (κ1) is 25.0. The van der Waals surface area contributed by atoms with E-state index in [4.69, 9.17) is 14.3 Å². The summed E-state index contributed by atoms with van der Waals surface area (Å²) in [7, 11) is 0. The zero-order valence-corrected chi connectivity index (χ0v) is 17.7. The Labute approximate surface area is 187 Å². The second-order valence-electron chi connectivity index (χ2n) is 6.81. The number of nitrogens with zero attached hydrogens (tertiary/aromatic N) is 1. The van der Waals surface area contributed by atoms with Gasteiger partial charge in [0.05, 0.1) is 31.8 Å². The number of carbonyl (C=O) groups is 1. The average molecular weight is 443 g/mol. The van der Waals surface area contributed by atoms with Crippen LogP contribution in [0.4, 0.5) is 8.78 Å². The highest BCUT2D eigenvalue weighted by Crippen LogP contribution is 2.33. The van der Waals surface area contributed by atoms with Gasteiger partial charge in [-0.1, -0.05) is 79.9 Å². The molecule has 0 saturated carbocycles. The van der Waals surface area contributed by atoms with Gasteiger partial charge in [0, 0.05) is 6.20 Å². The molecule has 0 aromatic heterocycles. The number of rotatable bonds is 14. The molecule has 2 rings (SSSR count). The van der Waals surface area contributed by atoms with Crippen molar-refractivity contribution in [3.05, 3.63) is 110 Å². The van der Waals surface area contributed by atoms with Gasteiger partial charge >= 0.3 is 11.8 Å². The van der Waals surface area contributed by atoms with Crippen LogP contribution in [0.5, 0.6) is 0 Å². The molecule has 0 aliphatic carbocycles. The largest absolute Gasteiger partial charge is 0.381 e. The minimum absolute atomic E-state index is 0.0587. The molecule has 0 aliphatic rings. The van der Waals surface area contributed by atoms with E-state index in [1.54, 1.807) is 0 Å². The Morgan fingerprint density at radius 2 is 1.53 bits per heavy atom. The standard InChI is InChI=1S/C25H27F2NO4/c1-4-22(25(26,27)24(29)28(5-2)32-6-3)23(31-18-21-15-11-8-12-16-21)19-30-17-20-13-9-7-10-14-20/h4-16,22-23H,1-3,17-19H2/t22-,23-/m0/s1. The van der Waals surface area contributed by atoms with Crippen LogP contribution in [-0.4, -0.2) is 29.6 Å². The van der Waals surface area contributed by atoms with E-state index < -0.39 is 23.9 Å². The lowest BCUT2D eigenvalue weighted by atomic mass is 9.94. The maximum absolute atomic E-state index is 15.2. The van der Waals surface area contributed by atoms with Crippen molar-refractivity contribution >= 4 is 5.91 Å². The molecule has 0 N–H and O–H groups in total. The van der Waals surface area contributed by atoms with Crippen LogP contribution < -0.4 is 0 Å². The van der Waals surface area contributed by atoms with Crippen molar-refractivity contribution in [2.45, 2.75) is 25.2 Å². The van der Waals surface area contributed by atoms with E-state index in [0.29, 0.717) is 5.06 Å². The van der Waals surface area contributed by atoms with Gasteiger partial charge in [-0.05, 0) is 11.1 Å². The maximum Gasteiger partial charge on any atom is 0.336 e. The van der Waals surface area contributed by atoms with Crippen LogP contribution in [0.1, 0.15) is 11.1 Å². The van der Waals surface area contributed by atoms with Crippen molar-refractivity contribution in [2.75, 3.05) is 6.61 Å². The molecule has 0 unspecified atom stereocenters. The molecule has 5 nitrogen and oxygen atoms in total. The number of halogens is 2. The van der Waals surface area contributed by atoms with Gasteiger partial charge in [0.1, 0.15) is 6.26 Å². The van der Waals surface area contributed by atoms with Gasteiger partial charge in [-0.25, -0.2) is 0 Å². The highest BCUT2D eigenvalue weighted by molar-refractivity contribution is 5.84. The van der Waals surface area contributed by atoms with Gasteiger partial charge < -0.3 is 14.3 Å². The zero-order valence-electron chi connectivity index (χ0n) is 17.7. The Morgan fingerprint density at radius 1 is 0.969 bits per heavy atom. The van der Waals surface area contributed by atoms with E-state index in [9.17, 15) is 4.79 Å². The lowest BCUT2D eigenvalue weighted by Gasteiger charge is -2.32. The van der Waals surface area contributed by atoms with Gasteiger partial charge in [-0.15, -0.1) is 11.6 Å². The number of alkyl halides is 2. The third-order valence-electron chi connectivity index (χ3n) is 4.61. The fourth-order valence-corrected chi connectivity index (χ4v) is 2.98. The van der Waals surface area contributed by atoms with Crippen LogP contribution in [-0.2, 0) is 32.3 Å². The fourth-order valence-electron chi connectivity index (χ4n) is 2.98. The first-order chi connectivity index (χ1) is 15.4. The van der Waals surface area contributed by atoms with Crippen molar-refractivity contribution < 1.29 is 27.9 Å². The summed E-state index contributed by atoms with van der Waals surface area (Å²) in [6.07, 6.45) is 1.52. The highest BCUT2D eigenvalue weighted by atomic mass is 19.3. The number of ether oxygens (including phenoxy) is 2. The third-order valence-corrected chi connectivity index (χ3v) is 4.61. The van der Waals surface area contributed by atoms with Crippen LogP contribution in [0.3, 0.4) is 0 Å². The number of benzene rings is 2. The number of hydroxylamine groups is 2. The number of amides is 1. The van der Waals surface area contributed by atoms with E-state index in [2.05, 4.69) is 19.7 Å². The number of hydrogen-bond donors (Lipinski definition) is 0. The van der Waals surface area contributed by atoms with E-state index in [-0.39, 0.29) is 19.8 Å². The summed E-state index contributed by atoms with van der Waals surface area (Å²) >= 11 is 0. The third kappa shape index (κ3) is 6.87. The van der Waals surface area contributed by atoms with Gasteiger partial charge in [0.15, 0.2) is 0 Å². The molecular weight excluding hydrogens is 416 g/mol. The molecule has 1 amide bonds. The first-order valence-corrected chi connectivity index (χ1v) is 9.95. The Balaban J connectivity index is 2.20. The molecule has 0 aliphatic heterocycles. The molecule has 7 heteroatoms. The van der Waals surface area contributed by atoms with Crippen LogP contribution >= 0.6 is 0 Å². The highest BCUT2D eigenvalue weighted by Gasteiger charge is 2.52. The lowest BCUT2D eigenvalue weighted by molar-refractivity contribution is -0.197. The smallest absolute Gasteiger partial charge is 0.336 e. The SMILES string of the molecule is C=CON(C=C)C(=O)C(F)(F)[C@@H](C=C)[C@H](COCc1ccccc1)OCc1ccccc1. The zero-order chi connectivity index (χ0) is 23.4. The molecule has 0 fully saturated rings. The molecule has 2 aromatic rings. The number of carbonyl (C=O) groups excluding carboxylic acids is 1. The van der Waals surface area contributed by atoms with Crippen LogP contribution in [0, 0.1) is 5.92 Å². The summed E-state index contributed by atoms with van der Waals surface area (Å²) in [5, 5.41) is 0.322. The Bertz CT molecular complexity index is 874. The molecule has 0 spiro atoms. The van der Waals surface area contributed by atoms with Gasteiger partial charge in [0.25, 0.3) is 0 Å². The molecule has 0 saturated heterocycles. The van der Waals surface area contributed by atoms with Gasteiger partial charge in [-0.3, -0.25) is 4.79 Å². The number of hydrogen-bond acceptors (Lipinski definition) is 4. The van der Waals surface area contributed by atoms with E-state index in [1.165, 1.54) is 0 Å². The predicted molar refractivity (Wildman–Crippen MR) is 118 cm³/mol. The van der Waals surface area contributed by atoms with Crippen LogP contribution in [0.15, 0.2) is 98.9 Å². The van der Waals surface area contributed by atoms with E-state index in [1.807, 2.05) is 60.7 Å². The Kier molecular flexibility index (Phi) is 9.78. The minimum Gasteiger partial charge on any atom is -0.381 e. The van der Waals surface area contributed by atoms with E-state index in [0.717, 1.165) is 29.7 Å². The summed E-state index contributed by atoms with van der Waals surface area (Å²) in [5.74, 6) is -7.21. The Morgan fingerprint density at radius 3 is 2.03 bits per heavy atom. The van der Waals surface area contributed by atoms with Gasteiger partial charge in [0.2, 0.25) is 0 Å². The molecule has 2 atom stereocenters. The maximum atomic E-state index is 15.2. The normalized spacial score (nSPS) is 12.9. The molecule has 32 heavy (non-hydrogen) atoms. The summed E-state index contributed by atoms with van der Waals surface area (Å²) in [4.78, 5) is 17.2. The molecule has 170 valence electrons. The van der Waals surface area contributed by atoms with Gasteiger partial charge in [-0.2, -0.15) is 8.78 Å². The van der Waals surface area contributed by atoms with Crippen molar-refractivity contribution in [1.29, 1.82) is 0 Å². The molecule has 0 bridgehead atoms. The molecule has 0 heterocycles. The predicted octanol–water partition coefficient (Wildman–Crippen LogP) is 5.27. The molecule has 0 radical (unpaired) electrons. The van der Waals surface area contributed by atoms with Crippen molar-refractivity contribution in [3.8, 4) is 0 Å². The van der Waals surface area contributed by atoms with Crippen LogP contribution in [0.25, 0.3) is 0 Å². The molecular formula is C25H27F2NO4. The summed E-state index contributed by atoms with van der Waals surface area (Å²) in [5.41, 5.74) is 1.67. The minimum atomic E-state index is -3.91. The first-order valence-electron chi connectivity index (χ1n) is 9.95. The van der Waals surface area contributed by atoms with Crippen molar-refractivity contribution in [2.24, 2.45) is 5.92 Å². The quantitative estimate of drug-likeness (QED) is 0.227. The average Bonchev–Trinajstić information content (AvgIpc) is 2.81.